The van der Waals surface area contributed by atoms with Crippen molar-refractivity contribution in [3.05, 3.63) is 47.2 Å². The summed E-state index contributed by atoms with van der Waals surface area (Å²) in [5, 5.41) is 6.91. The van der Waals surface area contributed by atoms with Gasteiger partial charge in [-0.3, -0.25) is 0 Å². The molecule has 2 N–H and O–H groups in total. The molecular formula is C19H26N4. The number of nitrogens with zero attached hydrogens (tertiary/aromatic N) is 2. The molecule has 4 heteroatoms. The lowest BCUT2D eigenvalue weighted by molar-refractivity contribution is 0.461. The van der Waals surface area contributed by atoms with Crippen molar-refractivity contribution in [3.63, 3.8) is 0 Å². The first-order chi connectivity index (χ1) is 11.2. The fraction of sp³-hybridized carbons (Fsp3) is 0.474. The molecule has 0 amide bonds. The lowest BCUT2D eigenvalue weighted by Crippen LogP contribution is -2.23. The van der Waals surface area contributed by atoms with Crippen LogP contribution in [0.2, 0.25) is 0 Å². The van der Waals surface area contributed by atoms with Crippen LogP contribution in [0.5, 0.6) is 0 Å². The van der Waals surface area contributed by atoms with E-state index in [4.69, 9.17) is 0 Å². The second kappa shape index (κ2) is 7.44. The number of aryl methyl sites for hydroxylation is 2. The van der Waals surface area contributed by atoms with Gasteiger partial charge in [0.05, 0.1) is 0 Å². The Labute approximate surface area is 138 Å². The van der Waals surface area contributed by atoms with Crippen molar-refractivity contribution in [3.8, 4) is 0 Å². The van der Waals surface area contributed by atoms with Gasteiger partial charge in [0.1, 0.15) is 5.82 Å². The summed E-state index contributed by atoms with van der Waals surface area (Å²) in [5.74, 6) is 1.64. The molecule has 0 unspecified atom stereocenters. The van der Waals surface area contributed by atoms with E-state index in [0.29, 0.717) is 6.04 Å². The van der Waals surface area contributed by atoms with Gasteiger partial charge in [-0.25, -0.2) is 4.98 Å². The summed E-state index contributed by atoms with van der Waals surface area (Å²) in [6, 6.07) is 11.1. The highest BCUT2D eigenvalue weighted by Crippen LogP contribution is 2.21. The SMILES string of the molecule is Cc1ccc(CNc2cc(C)nc(NC3CCCCC3)n2)cc1. The molecule has 122 valence electrons. The van der Waals surface area contributed by atoms with Crippen molar-refractivity contribution in [1.82, 2.24) is 9.97 Å². The highest BCUT2D eigenvalue weighted by atomic mass is 15.2. The molecule has 1 aliphatic rings. The van der Waals surface area contributed by atoms with Crippen LogP contribution in [0.4, 0.5) is 11.8 Å². The summed E-state index contributed by atoms with van der Waals surface area (Å²) >= 11 is 0. The molecule has 1 aliphatic carbocycles. The number of hydrogen-bond acceptors (Lipinski definition) is 4. The zero-order valence-corrected chi connectivity index (χ0v) is 14.1. The Morgan fingerprint density at radius 1 is 1.00 bits per heavy atom. The topological polar surface area (TPSA) is 49.8 Å². The van der Waals surface area contributed by atoms with Gasteiger partial charge in [0.2, 0.25) is 5.95 Å². The number of hydrogen-bond donors (Lipinski definition) is 2. The molecule has 1 saturated carbocycles. The predicted octanol–water partition coefficient (Wildman–Crippen LogP) is 4.45. The summed E-state index contributed by atoms with van der Waals surface area (Å²) in [5.41, 5.74) is 3.53. The summed E-state index contributed by atoms with van der Waals surface area (Å²) < 4.78 is 0. The van der Waals surface area contributed by atoms with Gasteiger partial charge in [-0.05, 0) is 32.3 Å². The van der Waals surface area contributed by atoms with E-state index in [1.54, 1.807) is 0 Å². The minimum Gasteiger partial charge on any atom is -0.366 e. The summed E-state index contributed by atoms with van der Waals surface area (Å²) in [7, 11) is 0. The van der Waals surface area contributed by atoms with Crippen LogP contribution in [0.25, 0.3) is 0 Å². The second-order valence-corrected chi connectivity index (χ2v) is 6.54. The van der Waals surface area contributed by atoms with Crippen LogP contribution in [0.3, 0.4) is 0 Å². The lowest BCUT2D eigenvalue weighted by Gasteiger charge is -2.23. The first-order valence-corrected chi connectivity index (χ1v) is 8.61. The minimum absolute atomic E-state index is 0.524. The standard InChI is InChI=1S/C19H26N4/c1-14-8-10-16(11-9-14)13-20-18-12-15(2)21-19(23-18)22-17-6-4-3-5-7-17/h8-12,17H,3-7,13H2,1-2H3,(H2,20,21,22,23). The maximum Gasteiger partial charge on any atom is 0.225 e. The van der Waals surface area contributed by atoms with E-state index in [1.165, 1.54) is 43.2 Å². The quantitative estimate of drug-likeness (QED) is 0.856. The lowest BCUT2D eigenvalue weighted by atomic mass is 9.96. The highest BCUT2D eigenvalue weighted by molar-refractivity contribution is 5.43. The molecule has 2 aromatic rings. The zero-order chi connectivity index (χ0) is 16.1. The minimum atomic E-state index is 0.524. The van der Waals surface area contributed by atoms with Crippen LogP contribution in [0.15, 0.2) is 30.3 Å². The van der Waals surface area contributed by atoms with Crippen molar-refractivity contribution >= 4 is 11.8 Å². The Kier molecular flexibility index (Phi) is 5.11. The molecule has 3 rings (SSSR count). The van der Waals surface area contributed by atoms with Crippen LogP contribution in [0, 0.1) is 13.8 Å². The summed E-state index contributed by atoms with van der Waals surface area (Å²) in [6.45, 7) is 4.90. The van der Waals surface area contributed by atoms with Gasteiger partial charge in [-0.2, -0.15) is 4.98 Å². The first-order valence-electron chi connectivity index (χ1n) is 8.61. The van der Waals surface area contributed by atoms with Crippen LogP contribution in [-0.2, 0) is 6.54 Å². The van der Waals surface area contributed by atoms with Crippen molar-refractivity contribution in [1.29, 1.82) is 0 Å². The van der Waals surface area contributed by atoms with Crippen molar-refractivity contribution in [2.24, 2.45) is 0 Å². The van der Waals surface area contributed by atoms with Gasteiger partial charge in [0, 0.05) is 24.3 Å². The third kappa shape index (κ3) is 4.68. The predicted molar refractivity (Wildman–Crippen MR) is 95.8 cm³/mol. The van der Waals surface area contributed by atoms with Gasteiger partial charge in [0.15, 0.2) is 0 Å². The van der Waals surface area contributed by atoms with E-state index in [2.05, 4.69) is 51.8 Å². The van der Waals surface area contributed by atoms with Crippen LogP contribution < -0.4 is 10.6 Å². The molecule has 1 aromatic carbocycles. The molecule has 1 aromatic heterocycles. The smallest absolute Gasteiger partial charge is 0.225 e. The number of nitrogens with one attached hydrogen (secondary N) is 2. The zero-order valence-electron chi connectivity index (χ0n) is 14.1. The monoisotopic (exact) mass is 310 g/mol. The fourth-order valence-corrected chi connectivity index (χ4v) is 3.05. The maximum absolute atomic E-state index is 4.63. The van der Waals surface area contributed by atoms with Gasteiger partial charge < -0.3 is 10.6 Å². The largest absolute Gasteiger partial charge is 0.366 e. The normalized spacial score (nSPS) is 15.4. The Balaban J connectivity index is 1.63. The van der Waals surface area contributed by atoms with Gasteiger partial charge in [-0.15, -0.1) is 0 Å². The molecule has 1 fully saturated rings. The molecule has 0 bridgehead atoms. The van der Waals surface area contributed by atoms with E-state index in [0.717, 1.165) is 24.0 Å². The van der Waals surface area contributed by atoms with Gasteiger partial charge in [-0.1, -0.05) is 49.1 Å². The Morgan fingerprint density at radius 2 is 1.74 bits per heavy atom. The van der Waals surface area contributed by atoms with Gasteiger partial charge >= 0.3 is 0 Å². The van der Waals surface area contributed by atoms with E-state index in [9.17, 15) is 0 Å². The van der Waals surface area contributed by atoms with Crippen molar-refractivity contribution in [2.45, 2.75) is 58.5 Å². The number of aromatic nitrogens is 2. The first kappa shape index (κ1) is 15.8. The molecule has 23 heavy (non-hydrogen) atoms. The average Bonchev–Trinajstić information content (AvgIpc) is 2.55. The molecular weight excluding hydrogens is 284 g/mol. The Hall–Kier alpha value is -2.10. The number of rotatable bonds is 5. The number of anilines is 2. The third-order valence-electron chi connectivity index (χ3n) is 4.39. The molecule has 0 spiro atoms. The highest BCUT2D eigenvalue weighted by Gasteiger charge is 2.14. The molecule has 0 aliphatic heterocycles. The molecule has 4 nitrogen and oxygen atoms in total. The van der Waals surface area contributed by atoms with E-state index in [-0.39, 0.29) is 0 Å². The van der Waals surface area contributed by atoms with Crippen LogP contribution >= 0.6 is 0 Å². The van der Waals surface area contributed by atoms with Gasteiger partial charge in [0.25, 0.3) is 0 Å². The fourth-order valence-electron chi connectivity index (χ4n) is 3.05. The van der Waals surface area contributed by atoms with Crippen LogP contribution in [0.1, 0.15) is 48.9 Å². The summed E-state index contributed by atoms with van der Waals surface area (Å²) in [6.07, 6.45) is 6.42. The molecule has 0 radical (unpaired) electrons. The van der Waals surface area contributed by atoms with E-state index in [1.807, 2.05) is 13.0 Å². The Morgan fingerprint density at radius 3 is 2.48 bits per heavy atom. The Bertz CT molecular complexity index is 630. The van der Waals surface area contributed by atoms with Crippen LogP contribution in [-0.4, -0.2) is 16.0 Å². The number of benzene rings is 1. The van der Waals surface area contributed by atoms with Crippen molar-refractivity contribution < 1.29 is 0 Å². The van der Waals surface area contributed by atoms with Crippen molar-refractivity contribution in [2.75, 3.05) is 10.6 Å². The second-order valence-electron chi connectivity index (χ2n) is 6.54. The molecule has 0 atom stereocenters. The maximum atomic E-state index is 4.63. The van der Waals surface area contributed by atoms with E-state index >= 15 is 0 Å². The van der Waals surface area contributed by atoms with E-state index < -0.39 is 0 Å². The third-order valence-corrected chi connectivity index (χ3v) is 4.39. The summed E-state index contributed by atoms with van der Waals surface area (Å²) in [4.78, 5) is 9.16. The average molecular weight is 310 g/mol. The molecule has 1 heterocycles. The molecule has 0 saturated heterocycles.